The van der Waals surface area contributed by atoms with Crippen LogP contribution < -0.4 is 0 Å². The summed E-state index contributed by atoms with van der Waals surface area (Å²) in [6.07, 6.45) is 0. The molecule has 9 aromatic carbocycles. The summed E-state index contributed by atoms with van der Waals surface area (Å²) >= 11 is 1.86. The van der Waals surface area contributed by atoms with Gasteiger partial charge in [-0.1, -0.05) is 152 Å². The molecule has 4 heterocycles. The minimum Gasteiger partial charge on any atom is -0.309 e. The fourth-order valence-corrected chi connectivity index (χ4v) is 10.7. The first-order valence-electron chi connectivity index (χ1n) is 21.2. The van der Waals surface area contributed by atoms with E-state index in [1.165, 1.54) is 58.4 Å². The van der Waals surface area contributed by atoms with E-state index in [1.807, 2.05) is 35.6 Å². The zero-order chi connectivity index (χ0) is 41.4. The smallest absolute Gasteiger partial charge is 0.164 e. The number of hydrogen-bond acceptors (Lipinski definition) is 4. The topological polar surface area (TPSA) is 48.5 Å². The molecule has 0 spiro atoms. The minimum atomic E-state index is 0.633. The van der Waals surface area contributed by atoms with Crippen molar-refractivity contribution in [2.24, 2.45) is 0 Å². The van der Waals surface area contributed by atoms with E-state index < -0.39 is 0 Å². The molecule has 0 aliphatic carbocycles. The Morgan fingerprint density at radius 3 is 1.49 bits per heavy atom. The highest BCUT2D eigenvalue weighted by molar-refractivity contribution is 7.26. The summed E-state index contributed by atoms with van der Waals surface area (Å²) in [5.74, 6) is 1.91. The van der Waals surface area contributed by atoms with Gasteiger partial charge in [-0.3, -0.25) is 0 Å². The SMILES string of the molecule is c1ccc(-c2ccc(-c3nc(-c4ccccc4)nc(-c4ccc5c(c4)c4ccc6c7cc(-n8c9ccccc9c9ccccc98)ccc7sc6c4n5-c4ccccc4)n3)cc2)cc1. The maximum Gasteiger partial charge on any atom is 0.164 e. The van der Waals surface area contributed by atoms with Crippen molar-refractivity contribution < 1.29 is 0 Å². The van der Waals surface area contributed by atoms with Gasteiger partial charge in [-0.15, -0.1) is 11.3 Å². The van der Waals surface area contributed by atoms with Crippen LogP contribution >= 0.6 is 11.3 Å². The van der Waals surface area contributed by atoms with Crippen molar-refractivity contribution in [3.8, 4) is 56.7 Å². The van der Waals surface area contributed by atoms with Gasteiger partial charge >= 0.3 is 0 Å². The Morgan fingerprint density at radius 1 is 0.302 bits per heavy atom. The Labute approximate surface area is 366 Å². The molecule has 294 valence electrons. The van der Waals surface area contributed by atoms with E-state index in [0.29, 0.717) is 17.5 Å². The molecule has 0 unspecified atom stereocenters. The second-order valence-electron chi connectivity index (χ2n) is 16.0. The van der Waals surface area contributed by atoms with Gasteiger partial charge in [-0.2, -0.15) is 0 Å². The average Bonchev–Trinajstić information content (AvgIpc) is 4.02. The Morgan fingerprint density at radius 2 is 0.810 bits per heavy atom. The van der Waals surface area contributed by atoms with Crippen LogP contribution in [0.3, 0.4) is 0 Å². The molecular formula is C57H35N5S. The second-order valence-corrected chi connectivity index (χ2v) is 17.1. The summed E-state index contributed by atoms with van der Waals surface area (Å²) < 4.78 is 7.36. The molecular weight excluding hydrogens is 787 g/mol. The van der Waals surface area contributed by atoms with Crippen LogP contribution in [0, 0.1) is 0 Å². The van der Waals surface area contributed by atoms with Crippen LogP contribution in [-0.2, 0) is 0 Å². The van der Waals surface area contributed by atoms with Crippen LogP contribution in [0.25, 0.3) is 120 Å². The fraction of sp³-hybridized carbons (Fsp3) is 0. The number of fused-ring (bicyclic) bond motifs is 10. The van der Waals surface area contributed by atoms with Gasteiger partial charge in [-0.25, -0.2) is 15.0 Å². The first kappa shape index (κ1) is 35.6. The normalized spacial score (nSPS) is 11.8. The number of nitrogens with zero attached hydrogens (tertiary/aromatic N) is 5. The van der Waals surface area contributed by atoms with Crippen LogP contribution in [0.4, 0.5) is 0 Å². The molecule has 0 radical (unpaired) electrons. The Bertz CT molecular complexity index is 3830. The van der Waals surface area contributed by atoms with Gasteiger partial charge < -0.3 is 9.13 Å². The van der Waals surface area contributed by atoms with E-state index in [9.17, 15) is 0 Å². The molecule has 63 heavy (non-hydrogen) atoms. The highest BCUT2D eigenvalue weighted by Gasteiger charge is 2.21. The molecule has 0 aliphatic rings. The van der Waals surface area contributed by atoms with Crippen LogP contribution in [0.1, 0.15) is 0 Å². The number of benzene rings is 9. The third kappa shape index (κ3) is 5.73. The van der Waals surface area contributed by atoms with E-state index >= 15 is 0 Å². The predicted molar refractivity (Wildman–Crippen MR) is 263 cm³/mol. The van der Waals surface area contributed by atoms with Crippen molar-refractivity contribution in [1.82, 2.24) is 24.1 Å². The summed E-state index contributed by atoms with van der Waals surface area (Å²) in [4.78, 5) is 15.3. The highest BCUT2D eigenvalue weighted by Crippen LogP contribution is 2.45. The van der Waals surface area contributed by atoms with Gasteiger partial charge in [0.25, 0.3) is 0 Å². The monoisotopic (exact) mass is 821 g/mol. The largest absolute Gasteiger partial charge is 0.309 e. The van der Waals surface area contributed by atoms with Crippen LogP contribution in [0.15, 0.2) is 212 Å². The van der Waals surface area contributed by atoms with Crippen LogP contribution in [0.5, 0.6) is 0 Å². The molecule has 6 heteroatoms. The third-order valence-electron chi connectivity index (χ3n) is 12.4. The van der Waals surface area contributed by atoms with Crippen molar-refractivity contribution in [1.29, 1.82) is 0 Å². The van der Waals surface area contributed by atoms with Crippen molar-refractivity contribution in [2.75, 3.05) is 0 Å². The summed E-state index contributed by atoms with van der Waals surface area (Å²) in [5.41, 5.74) is 12.2. The summed E-state index contributed by atoms with van der Waals surface area (Å²) in [6, 6.07) is 75.5. The molecule has 0 aliphatic heterocycles. The molecule has 0 amide bonds. The first-order valence-corrected chi connectivity index (χ1v) is 22.0. The van der Waals surface area contributed by atoms with Crippen molar-refractivity contribution in [3.05, 3.63) is 212 Å². The molecule has 0 atom stereocenters. The van der Waals surface area contributed by atoms with Gasteiger partial charge in [0.1, 0.15) is 0 Å². The lowest BCUT2D eigenvalue weighted by molar-refractivity contribution is 1.07. The molecule has 5 nitrogen and oxygen atoms in total. The van der Waals surface area contributed by atoms with Crippen molar-refractivity contribution in [3.63, 3.8) is 0 Å². The highest BCUT2D eigenvalue weighted by atomic mass is 32.1. The average molecular weight is 822 g/mol. The molecule has 0 fully saturated rings. The number of thiophene rings is 1. The zero-order valence-electron chi connectivity index (χ0n) is 33.9. The lowest BCUT2D eigenvalue weighted by Gasteiger charge is -2.10. The number of para-hydroxylation sites is 3. The lowest BCUT2D eigenvalue weighted by atomic mass is 10.0. The Hall–Kier alpha value is -8.19. The van der Waals surface area contributed by atoms with Crippen LogP contribution in [0.2, 0.25) is 0 Å². The molecule has 0 saturated carbocycles. The van der Waals surface area contributed by atoms with Crippen molar-refractivity contribution >= 4 is 75.1 Å². The van der Waals surface area contributed by atoms with E-state index in [0.717, 1.165) is 44.5 Å². The standard InChI is InChI=1S/C57H35N5S/c1-4-14-36(15-5-1)37-24-26-39(27-25-37)56-58-55(38-16-6-2-7-17-38)59-57(60-56)40-28-32-51-47(34-40)45-30-31-46-48-35-42(61-49-22-12-10-20-43(49)44-21-11-13-23-50(44)61)29-33-52(48)63-54(46)53(45)62(51)41-18-8-3-9-19-41/h1-35H. The fourth-order valence-electron chi connectivity index (χ4n) is 9.44. The second kappa shape index (κ2) is 14.2. The molecule has 13 rings (SSSR count). The molecule has 0 N–H and O–H groups in total. The lowest BCUT2D eigenvalue weighted by Crippen LogP contribution is -2.00. The number of aromatic nitrogens is 5. The Balaban J connectivity index is 1.00. The zero-order valence-corrected chi connectivity index (χ0v) is 34.7. The summed E-state index contributed by atoms with van der Waals surface area (Å²) in [6.45, 7) is 0. The maximum atomic E-state index is 5.17. The maximum absolute atomic E-state index is 5.17. The van der Waals surface area contributed by atoms with Gasteiger partial charge in [-0.05, 0) is 71.8 Å². The summed E-state index contributed by atoms with van der Waals surface area (Å²) in [5, 5.41) is 7.36. The minimum absolute atomic E-state index is 0.633. The van der Waals surface area contributed by atoms with Gasteiger partial charge in [0.05, 0.1) is 26.8 Å². The Kier molecular flexibility index (Phi) is 8.01. The predicted octanol–water partition coefficient (Wildman–Crippen LogP) is 15.1. The van der Waals surface area contributed by atoms with E-state index in [-0.39, 0.29) is 0 Å². The van der Waals surface area contributed by atoms with Crippen molar-refractivity contribution in [2.45, 2.75) is 0 Å². The van der Waals surface area contributed by atoms with E-state index in [4.69, 9.17) is 15.0 Å². The molecule has 0 saturated heterocycles. The summed E-state index contributed by atoms with van der Waals surface area (Å²) in [7, 11) is 0. The van der Waals surface area contributed by atoms with E-state index in [2.05, 4.69) is 197 Å². The number of hydrogen-bond donors (Lipinski definition) is 0. The van der Waals surface area contributed by atoms with Gasteiger partial charge in [0, 0.05) is 65.1 Å². The first-order chi connectivity index (χ1) is 31.2. The quantitative estimate of drug-likeness (QED) is 0.168. The van der Waals surface area contributed by atoms with Crippen LogP contribution in [-0.4, -0.2) is 24.1 Å². The molecule has 13 aromatic rings. The molecule has 4 aromatic heterocycles. The van der Waals surface area contributed by atoms with Gasteiger partial charge in [0.2, 0.25) is 0 Å². The van der Waals surface area contributed by atoms with E-state index in [1.54, 1.807) is 0 Å². The third-order valence-corrected chi connectivity index (χ3v) is 13.6. The van der Waals surface area contributed by atoms with Gasteiger partial charge in [0.15, 0.2) is 17.5 Å². The molecule has 0 bridgehead atoms. The number of rotatable bonds is 6.